The van der Waals surface area contributed by atoms with Crippen LogP contribution >= 0.6 is 0 Å². The maximum absolute atomic E-state index is 13.6. The zero-order valence-electron chi connectivity index (χ0n) is 21.6. The van der Waals surface area contributed by atoms with Crippen LogP contribution in [-0.2, 0) is 10.0 Å². The van der Waals surface area contributed by atoms with Gasteiger partial charge in [-0.2, -0.15) is 9.40 Å². The van der Waals surface area contributed by atoms with Gasteiger partial charge in [-0.3, -0.25) is 4.79 Å². The number of piperidine rings is 1. The Labute approximate surface area is 217 Å². The first-order chi connectivity index (χ1) is 17.6. The van der Waals surface area contributed by atoms with E-state index in [1.807, 2.05) is 57.2 Å². The lowest BCUT2D eigenvalue weighted by molar-refractivity contribution is 0.102. The van der Waals surface area contributed by atoms with Crippen LogP contribution < -0.4 is 5.32 Å². The Kier molecular flexibility index (Phi) is 6.59. The molecule has 1 aliphatic heterocycles. The number of hydrogen-bond acceptors (Lipinski definition) is 5. The standard InChI is InChI=1S/C28H31N5O3S/c1-18-8-12-23(13-9-18)30-28(34)26-25(27-29-20(3)16-21(4)33(27)31-26)22-11-10-19(2)24(17-22)37(35,36)32-14-6-5-7-15-32/h8-13,16-17H,5-7,14-15H2,1-4H3,(H,30,34). The van der Waals surface area contributed by atoms with E-state index in [0.717, 1.165) is 36.2 Å². The van der Waals surface area contributed by atoms with Crippen molar-refractivity contribution in [3.05, 3.63) is 76.7 Å². The third-order valence-corrected chi connectivity index (χ3v) is 8.87. The summed E-state index contributed by atoms with van der Waals surface area (Å²) in [5, 5.41) is 7.56. The van der Waals surface area contributed by atoms with E-state index >= 15 is 0 Å². The van der Waals surface area contributed by atoms with Crippen molar-refractivity contribution in [2.75, 3.05) is 18.4 Å². The van der Waals surface area contributed by atoms with E-state index in [0.29, 0.717) is 41.1 Å². The summed E-state index contributed by atoms with van der Waals surface area (Å²) in [6, 6.07) is 14.7. The summed E-state index contributed by atoms with van der Waals surface area (Å²) in [5.74, 6) is -0.387. The predicted molar refractivity (Wildman–Crippen MR) is 144 cm³/mol. The van der Waals surface area contributed by atoms with Crippen LogP contribution in [0.3, 0.4) is 0 Å². The number of aromatic nitrogens is 3. The largest absolute Gasteiger partial charge is 0.321 e. The second-order valence-corrected chi connectivity index (χ2v) is 11.7. The molecule has 4 aromatic rings. The molecule has 8 nitrogen and oxygen atoms in total. The summed E-state index contributed by atoms with van der Waals surface area (Å²) >= 11 is 0. The smallest absolute Gasteiger partial charge is 0.276 e. The Morgan fingerprint density at radius 2 is 1.62 bits per heavy atom. The molecule has 3 heterocycles. The van der Waals surface area contributed by atoms with Crippen molar-refractivity contribution in [1.82, 2.24) is 18.9 Å². The second-order valence-electron chi connectivity index (χ2n) is 9.76. The van der Waals surface area contributed by atoms with Gasteiger partial charge in [0.1, 0.15) is 0 Å². The number of anilines is 1. The summed E-state index contributed by atoms with van der Waals surface area (Å²) in [4.78, 5) is 18.5. The average molecular weight is 518 g/mol. The number of amides is 1. The van der Waals surface area contributed by atoms with E-state index in [1.54, 1.807) is 27.9 Å². The number of aryl methyl sites for hydroxylation is 4. The maximum atomic E-state index is 13.6. The average Bonchev–Trinajstić information content (AvgIpc) is 3.26. The fraction of sp³-hybridized carbons (Fsp3) is 0.321. The second kappa shape index (κ2) is 9.72. The zero-order chi connectivity index (χ0) is 26.3. The van der Waals surface area contributed by atoms with Crippen molar-refractivity contribution in [2.45, 2.75) is 51.9 Å². The Hall–Kier alpha value is -3.56. The number of fused-ring (bicyclic) bond motifs is 1. The molecule has 1 aliphatic rings. The highest BCUT2D eigenvalue weighted by atomic mass is 32.2. The van der Waals surface area contributed by atoms with Crippen LogP contribution in [0.2, 0.25) is 0 Å². The molecular formula is C28H31N5O3S. The number of nitrogens with zero attached hydrogens (tertiary/aromatic N) is 4. The Balaban J connectivity index is 1.66. The number of sulfonamides is 1. The first kappa shape index (κ1) is 25.1. The summed E-state index contributed by atoms with van der Waals surface area (Å²) in [6.45, 7) is 8.61. The number of rotatable bonds is 5. The van der Waals surface area contributed by atoms with Gasteiger partial charge in [0.25, 0.3) is 5.91 Å². The van der Waals surface area contributed by atoms with Gasteiger partial charge in [-0.1, -0.05) is 36.2 Å². The van der Waals surface area contributed by atoms with Gasteiger partial charge in [0, 0.05) is 30.2 Å². The van der Waals surface area contributed by atoms with E-state index in [9.17, 15) is 13.2 Å². The fourth-order valence-electron chi connectivity index (χ4n) is 4.85. The van der Waals surface area contributed by atoms with Crippen LogP contribution in [0.15, 0.2) is 53.4 Å². The van der Waals surface area contributed by atoms with E-state index in [1.165, 1.54) is 0 Å². The Bertz CT molecular complexity index is 1600. The van der Waals surface area contributed by atoms with Crippen molar-refractivity contribution in [1.29, 1.82) is 0 Å². The number of benzene rings is 2. The van der Waals surface area contributed by atoms with Crippen LogP contribution in [0.25, 0.3) is 16.8 Å². The molecule has 0 aliphatic carbocycles. The molecule has 1 saturated heterocycles. The molecule has 192 valence electrons. The van der Waals surface area contributed by atoms with Gasteiger partial charge in [-0.15, -0.1) is 0 Å². The van der Waals surface area contributed by atoms with Crippen LogP contribution in [0, 0.1) is 27.7 Å². The molecule has 1 N–H and O–H groups in total. The highest BCUT2D eigenvalue weighted by molar-refractivity contribution is 7.89. The first-order valence-electron chi connectivity index (χ1n) is 12.5. The molecule has 0 unspecified atom stereocenters. The Morgan fingerprint density at radius 3 is 2.32 bits per heavy atom. The van der Waals surface area contributed by atoms with Crippen LogP contribution in [0.1, 0.15) is 52.3 Å². The molecule has 0 saturated carbocycles. The molecule has 2 aromatic carbocycles. The third-order valence-electron chi connectivity index (χ3n) is 6.83. The van der Waals surface area contributed by atoms with Crippen molar-refractivity contribution in [3.8, 4) is 11.1 Å². The molecule has 5 rings (SSSR count). The van der Waals surface area contributed by atoms with Gasteiger partial charge < -0.3 is 5.32 Å². The van der Waals surface area contributed by atoms with Gasteiger partial charge in [-0.25, -0.2) is 17.9 Å². The molecule has 37 heavy (non-hydrogen) atoms. The molecule has 1 fully saturated rings. The number of hydrogen-bond donors (Lipinski definition) is 1. The van der Waals surface area contributed by atoms with Crippen LogP contribution in [-0.4, -0.2) is 46.3 Å². The van der Waals surface area contributed by atoms with E-state index in [-0.39, 0.29) is 16.5 Å². The lowest BCUT2D eigenvalue weighted by atomic mass is 10.0. The predicted octanol–water partition coefficient (Wildman–Crippen LogP) is 5.06. The molecule has 0 spiro atoms. The van der Waals surface area contributed by atoms with E-state index in [4.69, 9.17) is 4.98 Å². The SMILES string of the molecule is Cc1ccc(NC(=O)c2nn3c(C)cc(C)nc3c2-c2ccc(C)c(S(=O)(=O)N3CCCCC3)c2)cc1. The Morgan fingerprint density at radius 1 is 0.919 bits per heavy atom. The first-order valence-corrected chi connectivity index (χ1v) is 14.0. The minimum absolute atomic E-state index is 0.187. The highest BCUT2D eigenvalue weighted by Gasteiger charge is 2.29. The van der Waals surface area contributed by atoms with E-state index in [2.05, 4.69) is 10.4 Å². The molecule has 0 radical (unpaired) electrons. The number of carbonyl (C=O) groups is 1. The van der Waals surface area contributed by atoms with Crippen molar-refractivity contribution < 1.29 is 13.2 Å². The highest BCUT2D eigenvalue weighted by Crippen LogP contribution is 2.33. The topological polar surface area (TPSA) is 96.7 Å². The van der Waals surface area contributed by atoms with Crippen LogP contribution in [0.5, 0.6) is 0 Å². The lowest BCUT2D eigenvalue weighted by Crippen LogP contribution is -2.35. The summed E-state index contributed by atoms with van der Waals surface area (Å²) in [5.41, 5.74) is 5.80. The minimum atomic E-state index is -3.68. The zero-order valence-corrected chi connectivity index (χ0v) is 22.4. The van der Waals surface area contributed by atoms with Gasteiger partial charge in [0.05, 0.1) is 10.5 Å². The lowest BCUT2D eigenvalue weighted by Gasteiger charge is -2.26. The maximum Gasteiger partial charge on any atom is 0.276 e. The molecule has 1 amide bonds. The van der Waals surface area contributed by atoms with Crippen molar-refractivity contribution in [2.24, 2.45) is 0 Å². The summed E-state index contributed by atoms with van der Waals surface area (Å²) in [7, 11) is -3.68. The molecule has 0 bridgehead atoms. The van der Waals surface area contributed by atoms with E-state index < -0.39 is 10.0 Å². The van der Waals surface area contributed by atoms with Crippen molar-refractivity contribution in [3.63, 3.8) is 0 Å². The molecule has 9 heteroatoms. The van der Waals surface area contributed by atoms with Gasteiger partial charge >= 0.3 is 0 Å². The summed E-state index contributed by atoms with van der Waals surface area (Å²) in [6.07, 6.45) is 2.76. The number of nitrogens with one attached hydrogen (secondary N) is 1. The van der Waals surface area contributed by atoms with Crippen LogP contribution in [0.4, 0.5) is 5.69 Å². The third kappa shape index (κ3) is 4.76. The monoisotopic (exact) mass is 517 g/mol. The van der Waals surface area contributed by atoms with Crippen molar-refractivity contribution >= 4 is 27.3 Å². The molecule has 2 aromatic heterocycles. The summed E-state index contributed by atoms with van der Waals surface area (Å²) < 4.78 is 30.4. The van der Waals surface area contributed by atoms with Gasteiger partial charge in [0.2, 0.25) is 10.0 Å². The van der Waals surface area contributed by atoms with Gasteiger partial charge in [-0.05, 0) is 75.9 Å². The normalized spacial score (nSPS) is 14.7. The quantitative estimate of drug-likeness (QED) is 0.399. The number of carbonyl (C=O) groups excluding carboxylic acids is 1. The minimum Gasteiger partial charge on any atom is -0.321 e. The molecular weight excluding hydrogens is 486 g/mol. The van der Waals surface area contributed by atoms with Gasteiger partial charge in [0.15, 0.2) is 11.3 Å². The fourth-order valence-corrected chi connectivity index (χ4v) is 6.62. The molecule has 0 atom stereocenters.